The molecule has 0 amide bonds. The van der Waals surface area contributed by atoms with Gasteiger partial charge < -0.3 is 14.4 Å². The molecule has 9 heteroatoms. The predicted octanol–water partition coefficient (Wildman–Crippen LogP) is 5.45. The van der Waals surface area contributed by atoms with Gasteiger partial charge in [0.25, 0.3) is 3.79 Å². The molecule has 1 aliphatic rings. The maximum atomic E-state index is 13.0. The van der Waals surface area contributed by atoms with E-state index in [4.69, 9.17) is 39.5 Å². The van der Waals surface area contributed by atoms with E-state index < -0.39 is 33.7 Å². The minimum Gasteiger partial charge on any atom is -0.479 e. The molecule has 2 rings (SSSR count). The van der Waals surface area contributed by atoms with Crippen LogP contribution in [0.25, 0.3) is 0 Å². The van der Waals surface area contributed by atoms with E-state index in [0.29, 0.717) is 6.42 Å². The van der Waals surface area contributed by atoms with Gasteiger partial charge in [0, 0.05) is 6.20 Å². The highest BCUT2D eigenvalue weighted by Gasteiger charge is 2.43. The topological polar surface area (TPSA) is 85.6 Å². The van der Waals surface area contributed by atoms with Crippen LogP contribution in [0.1, 0.15) is 69.9 Å². The van der Waals surface area contributed by atoms with E-state index in [1.165, 1.54) is 18.3 Å². The monoisotopic (exact) mass is 479 g/mol. The van der Waals surface area contributed by atoms with Gasteiger partial charge in [-0.05, 0) is 48.6 Å². The second kappa shape index (κ2) is 9.49. The normalized spacial score (nSPS) is 25.7. The molecule has 30 heavy (non-hydrogen) atoms. The van der Waals surface area contributed by atoms with Gasteiger partial charge in [0.05, 0.1) is 5.69 Å². The molecule has 4 unspecified atom stereocenters. The van der Waals surface area contributed by atoms with Crippen LogP contribution in [0, 0.1) is 17.3 Å². The number of Topliss-reactive ketones (excluding diaryl/α,β-unsaturated/α-hetero) is 1. The number of carboxylic acids is 1. The van der Waals surface area contributed by atoms with Crippen LogP contribution in [-0.4, -0.2) is 37.3 Å². The Morgan fingerprint density at radius 1 is 1.33 bits per heavy atom. The minimum absolute atomic E-state index is 0.0269. The number of ketones is 1. The molecule has 168 valence electrons. The molecule has 0 saturated heterocycles. The summed E-state index contributed by atoms with van der Waals surface area (Å²) in [5.74, 6) is -2.90. The lowest BCUT2D eigenvalue weighted by Gasteiger charge is -2.43. The largest absolute Gasteiger partial charge is 0.479 e. The van der Waals surface area contributed by atoms with Crippen molar-refractivity contribution in [3.8, 4) is 0 Å². The number of esters is 1. The Morgan fingerprint density at radius 2 is 1.97 bits per heavy atom. The zero-order valence-corrected chi connectivity index (χ0v) is 19.8. The molecule has 1 fully saturated rings. The zero-order chi connectivity index (χ0) is 22.9. The number of alkyl halides is 3. The van der Waals surface area contributed by atoms with Crippen LogP contribution in [-0.2, 0) is 14.3 Å². The second-order valence-electron chi connectivity index (χ2n) is 8.66. The van der Waals surface area contributed by atoms with Crippen LogP contribution < -0.4 is 0 Å². The summed E-state index contributed by atoms with van der Waals surface area (Å²) in [7, 11) is 0. The maximum Gasteiger partial charge on any atom is 0.341 e. The van der Waals surface area contributed by atoms with Crippen molar-refractivity contribution in [2.45, 2.75) is 69.3 Å². The van der Waals surface area contributed by atoms with E-state index in [2.05, 4.69) is 27.7 Å². The fourth-order valence-electron chi connectivity index (χ4n) is 4.16. The Hall–Kier alpha value is -1.24. The van der Waals surface area contributed by atoms with Gasteiger partial charge in [0.15, 0.2) is 0 Å². The van der Waals surface area contributed by atoms with Gasteiger partial charge in [0.1, 0.15) is 6.10 Å². The Kier molecular flexibility index (Phi) is 7.92. The molecule has 1 aromatic heterocycles. The van der Waals surface area contributed by atoms with Crippen LogP contribution >= 0.6 is 34.8 Å². The number of aliphatic carboxylic acids is 1. The van der Waals surface area contributed by atoms with Crippen molar-refractivity contribution in [3.05, 3.63) is 24.0 Å². The SMILES string of the molecule is CCC1(C)CCC(C(C)C)C(OC(=O)C(C(=O)O)n2cccc2C(=O)C(Cl)(Cl)Cl)C1. The summed E-state index contributed by atoms with van der Waals surface area (Å²) < 4.78 is 4.49. The summed E-state index contributed by atoms with van der Waals surface area (Å²) in [6, 6.07) is 0.964. The van der Waals surface area contributed by atoms with Crippen LogP contribution in [0.5, 0.6) is 0 Å². The third-order valence-electron chi connectivity index (χ3n) is 6.23. The molecule has 1 heterocycles. The Bertz CT molecular complexity index is 801. The van der Waals surface area contributed by atoms with Gasteiger partial charge in [0.2, 0.25) is 11.8 Å². The van der Waals surface area contributed by atoms with Gasteiger partial charge in [-0.15, -0.1) is 0 Å². The number of aromatic nitrogens is 1. The molecule has 1 aromatic rings. The van der Waals surface area contributed by atoms with Gasteiger partial charge in [-0.2, -0.15) is 0 Å². The van der Waals surface area contributed by atoms with Gasteiger partial charge in [-0.3, -0.25) is 4.79 Å². The summed E-state index contributed by atoms with van der Waals surface area (Å²) in [6.07, 6.45) is 4.42. The molecule has 1 aliphatic carbocycles. The third-order valence-corrected chi connectivity index (χ3v) is 6.75. The predicted molar refractivity (Wildman–Crippen MR) is 116 cm³/mol. The van der Waals surface area contributed by atoms with Crippen LogP contribution in [0.4, 0.5) is 0 Å². The van der Waals surface area contributed by atoms with Crippen molar-refractivity contribution in [1.29, 1.82) is 0 Å². The molecule has 0 aliphatic heterocycles. The third kappa shape index (κ3) is 5.51. The van der Waals surface area contributed by atoms with Crippen molar-refractivity contribution in [1.82, 2.24) is 4.57 Å². The number of rotatable bonds is 7. The van der Waals surface area contributed by atoms with Crippen molar-refractivity contribution in [2.24, 2.45) is 17.3 Å². The quantitative estimate of drug-likeness (QED) is 0.243. The first kappa shape index (κ1) is 25.0. The lowest BCUT2D eigenvalue weighted by molar-refractivity contribution is -0.168. The smallest absolute Gasteiger partial charge is 0.341 e. The highest BCUT2D eigenvalue weighted by atomic mass is 35.6. The molecule has 6 nitrogen and oxygen atoms in total. The first-order valence-corrected chi connectivity index (χ1v) is 11.2. The Labute approximate surface area is 191 Å². The first-order valence-electron chi connectivity index (χ1n) is 10.0. The molecule has 1 N–H and O–H groups in total. The molecule has 0 bridgehead atoms. The minimum atomic E-state index is -2.28. The number of ether oxygens (including phenoxy) is 1. The fraction of sp³-hybridized carbons (Fsp3) is 0.667. The fourth-order valence-corrected chi connectivity index (χ4v) is 4.45. The van der Waals surface area contributed by atoms with E-state index in [9.17, 15) is 19.5 Å². The van der Waals surface area contributed by atoms with Gasteiger partial charge >= 0.3 is 11.9 Å². The average Bonchev–Trinajstić information content (AvgIpc) is 3.08. The number of carbonyl (C=O) groups is 3. The summed E-state index contributed by atoms with van der Waals surface area (Å²) in [5, 5.41) is 9.75. The van der Waals surface area contributed by atoms with Gasteiger partial charge in [-0.1, -0.05) is 68.9 Å². The van der Waals surface area contributed by atoms with Crippen LogP contribution in [0.3, 0.4) is 0 Å². The Balaban J connectivity index is 2.33. The number of carbonyl (C=O) groups excluding carboxylic acids is 2. The summed E-state index contributed by atoms with van der Waals surface area (Å²) in [5.41, 5.74) is -0.166. The van der Waals surface area contributed by atoms with E-state index in [-0.39, 0.29) is 22.9 Å². The van der Waals surface area contributed by atoms with Crippen molar-refractivity contribution >= 4 is 52.5 Å². The molecule has 0 radical (unpaired) electrons. The molecule has 0 spiro atoms. The molecule has 0 aromatic carbocycles. The Morgan fingerprint density at radius 3 is 2.47 bits per heavy atom. The molecular formula is C21H28Cl3NO5. The number of nitrogens with zero attached hydrogens (tertiary/aromatic N) is 1. The number of hydrogen-bond donors (Lipinski definition) is 1. The van der Waals surface area contributed by atoms with E-state index in [1.54, 1.807) is 0 Å². The van der Waals surface area contributed by atoms with Crippen molar-refractivity contribution in [2.75, 3.05) is 0 Å². The molecule has 4 atom stereocenters. The van der Waals surface area contributed by atoms with E-state index in [1.807, 2.05) is 0 Å². The highest BCUT2D eigenvalue weighted by molar-refractivity contribution is 6.77. The maximum absolute atomic E-state index is 13.0. The van der Waals surface area contributed by atoms with Gasteiger partial charge in [-0.25, -0.2) is 9.59 Å². The number of carboxylic acid groups (broad SMARTS) is 1. The number of halogens is 3. The second-order valence-corrected chi connectivity index (χ2v) is 10.9. The van der Waals surface area contributed by atoms with Crippen molar-refractivity contribution < 1.29 is 24.2 Å². The first-order chi connectivity index (χ1) is 13.8. The number of hydrogen-bond acceptors (Lipinski definition) is 4. The lowest BCUT2D eigenvalue weighted by atomic mass is 9.66. The van der Waals surface area contributed by atoms with Crippen LogP contribution in [0.2, 0.25) is 0 Å². The lowest BCUT2D eigenvalue weighted by Crippen LogP contribution is -2.42. The van der Waals surface area contributed by atoms with Crippen LogP contribution in [0.15, 0.2) is 18.3 Å². The van der Waals surface area contributed by atoms with E-state index >= 15 is 0 Å². The highest BCUT2D eigenvalue weighted by Crippen LogP contribution is 2.45. The summed E-state index contributed by atoms with van der Waals surface area (Å²) >= 11 is 17.0. The van der Waals surface area contributed by atoms with Crippen molar-refractivity contribution in [3.63, 3.8) is 0 Å². The average molecular weight is 481 g/mol. The molecule has 1 saturated carbocycles. The summed E-state index contributed by atoms with van der Waals surface area (Å²) in [6.45, 7) is 8.39. The standard InChI is InChI=1S/C21H28Cl3NO5/c1-5-20(4)9-8-13(12(2)3)15(11-20)30-19(29)16(18(27)28)25-10-6-7-14(25)17(26)21(22,23)24/h6-7,10,12-13,15-16H,5,8-9,11H2,1-4H3,(H,27,28). The summed E-state index contributed by atoms with van der Waals surface area (Å²) in [4.78, 5) is 37.4. The molecular weight excluding hydrogens is 453 g/mol. The zero-order valence-electron chi connectivity index (χ0n) is 17.5. The van der Waals surface area contributed by atoms with E-state index in [0.717, 1.165) is 23.8 Å².